The van der Waals surface area contributed by atoms with Gasteiger partial charge in [-0.2, -0.15) is 4.98 Å². The van der Waals surface area contributed by atoms with Crippen LogP contribution in [0.1, 0.15) is 40.5 Å². The zero-order valence-electron chi connectivity index (χ0n) is 17.5. The molecule has 1 aliphatic rings. The van der Waals surface area contributed by atoms with Gasteiger partial charge in [0.15, 0.2) is 0 Å². The molecule has 0 radical (unpaired) electrons. The molecule has 2 aromatic heterocycles. The first-order valence-corrected chi connectivity index (χ1v) is 10.3. The highest BCUT2D eigenvalue weighted by atomic mass is 16.5. The number of amides is 1. The molecule has 1 fully saturated rings. The van der Waals surface area contributed by atoms with Crippen LogP contribution in [0.5, 0.6) is 0 Å². The Bertz CT molecular complexity index is 1320. The monoisotopic (exact) mass is 427 g/mol. The van der Waals surface area contributed by atoms with Crippen molar-refractivity contribution >= 4 is 5.91 Å². The van der Waals surface area contributed by atoms with Crippen LogP contribution in [-0.2, 0) is 19.0 Å². The normalized spacial score (nSPS) is 14.2. The van der Waals surface area contributed by atoms with E-state index in [1.165, 1.54) is 10.9 Å². The summed E-state index contributed by atoms with van der Waals surface area (Å²) < 4.78 is 6.70. The second-order valence-electron chi connectivity index (χ2n) is 8.01. The molecular formula is C24H21N5O3. The molecule has 0 atom stereocenters. The van der Waals surface area contributed by atoms with Crippen LogP contribution in [0, 0.1) is 0 Å². The van der Waals surface area contributed by atoms with Gasteiger partial charge in [0, 0.05) is 13.2 Å². The highest BCUT2D eigenvalue weighted by molar-refractivity contribution is 5.91. The van der Waals surface area contributed by atoms with E-state index in [0.717, 1.165) is 29.5 Å². The van der Waals surface area contributed by atoms with Crippen molar-refractivity contribution in [3.8, 4) is 11.1 Å². The Balaban J connectivity index is 1.30. The molecule has 1 saturated carbocycles. The first-order valence-electron chi connectivity index (χ1n) is 10.3. The molecule has 0 aliphatic heterocycles. The van der Waals surface area contributed by atoms with E-state index in [4.69, 9.17) is 4.52 Å². The maximum Gasteiger partial charge on any atom is 0.293 e. The molecule has 32 heavy (non-hydrogen) atoms. The zero-order valence-corrected chi connectivity index (χ0v) is 17.5. The van der Waals surface area contributed by atoms with E-state index in [2.05, 4.69) is 20.4 Å². The standard InChI is InChI=1S/C24H21N5O3/c1-29-15-25-14-19(23(29)31)17-7-9-18(10-8-17)24(11-12-24)27-22(30)21-26-20(32-28-21)13-16-5-3-2-4-6-16/h2-10,14-15H,11-13H2,1H3,(H,27,30). The summed E-state index contributed by atoms with van der Waals surface area (Å²) in [5, 5.41) is 6.90. The van der Waals surface area contributed by atoms with Crippen molar-refractivity contribution in [2.75, 3.05) is 0 Å². The topological polar surface area (TPSA) is 103 Å². The molecule has 1 aliphatic carbocycles. The number of benzene rings is 2. The molecule has 8 heteroatoms. The van der Waals surface area contributed by atoms with Gasteiger partial charge in [0.1, 0.15) is 0 Å². The minimum Gasteiger partial charge on any atom is -0.340 e. The van der Waals surface area contributed by atoms with Gasteiger partial charge in [0.25, 0.3) is 17.3 Å². The Morgan fingerprint density at radius 1 is 1.12 bits per heavy atom. The van der Waals surface area contributed by atoms with Crippen molar-refractivity contribution in [2.24, 2.45) is 7.05 Å². The number of aromatic nitrogens is 4. The maximum atomic E-state index is 12.8. The Morgan fingerprint density at radius 2 is 1.88 bits per heavy atom. The molecule has 1 amide bonds. The predicted molar refractivity (Wildman–Crippen MR) is 117 cm³/mol. The molecule has 4 aromatic rings. The lowest BCUT2D eigenvalue weighted by Crippen LogP contribution is -2.35. The number of carbonyl (C=O) groups is 1. The van der Waals surface area contributed by atoms with Gasteiger partial charge in [-0.3, -0.25) is 9.59 Å². The number of carbonyl (C=O) groups excluding carboxylic acids is 1. The average Bonchev–Trinajstić information content (AvgIpc) is 3.44. The number of rotatable bonds is 6. The van der Waals surface area contributed by atoms with Gasteiger partial charge >= 0.3 is 0 Å². The predicted octanol–water partition coefficient (Wildman–Crippen LogP) is 2.84. The van der Waals surface area contributed by atoms with Crippen LogP contribution in [0.15, 0.2) is 76.4 Å². The lowest BCUT2D eigenvalue weighted by Gasteiger charge is -2.17. The first-order chi connectivity index (χ1) is 15.5. The summed E-state index contributed by atoms with van der Waals surface area (Å²) in [6, 6.07) is 17.4. The quantitative estimate of drug-likeness (QED) is 0.508. The highest BCUT2D eigenvalue weighted by Crippen LogP contribution is 2.45. The van der Waals surface area contributed by atoms with Crippen molar-refractivity contribution in [1.29, 1.82) is 0 Å². The maximum absolute atomic E-state index is 12.8. The highest BCUT2D eigenvalue weighted by Gasteiger charge is 2.46. The minimum absolute atomic E-state index is 0.0256. The van der Waals surface area contributed by atoms with Crippen LogP contribution in [-0.4, -0.2) is 25.6 Å². The fraction of sp³-hybridized carbons (Fsp3) is 0.208. The molecule has 0 saturated heterocycles. The van der Waals surface area contributed by atoms with Crippen LogP contribution in [0.25, 0.3) is 11.1 Å². The molecule has 0 bridgehead atoms. The Hall–Kier alpha value is -4.07. The third-order valence-corrected chi connectivity index (χ3v) is 5.71. The van der Waals surface area contributed by atoms with Gasteiger partial charge in [-0.05, 0) is 29.5 Å². The van der Waals surface area contributed by atoms with E-state index < -0.39 is 5.54 Å². The largest absolute Gasteiger partial charge is 0.340 e. The SMILES string of the molecule is Cn1cncc(-c2ccc(C3(NC(=O)c4noc(Cc5ccccc5)n4)CC3)cc2)c1=O. The van der Waals surface area contributed by atoms with Crippen molar-refractivity contribution in [2.45, 2.75) is 24.8 Å². The Kier molecular flexibility index (Phi) is 4.89. The lowest BCUT2D eigenvalue weighted by molar-refractivity contribution is 0.0917. The molecule has 0 spiro atoms. The summed E-state index contributed by atoms with van der Waals surface area (Å²) in [7, 11) is 1.67. The van der Waals surface area contributed by atoms with Crippen molar-refractivity contribution in [1.82, 2.24) is 25.0 Å². The third-order valence-electron chi connectivity index (χ3n) is 5.71. The van der Waals surface area contributed by atoms with Crippen molar-refractivity contribution in [3.63, 3.8) is 0 Å². The second kappa shape index (κ2) is 7.88. The lowest BCUT2D eigenvalue weighted by atomic mass is 10.0. The summed E-state index contributed by atoms with van der Waals surface area (Å²) in [5.41, 5.74) is 2.77. The van der Waals surface area contributed by atoms with E-state index in [-0.39, 0.29) is 17.3 Å². The number of hydrogen-bond acceptors (Lipinski definition) is 6. The number of hydrogen-bond donors (Lipinski definition) is 1. The van der Waals surface area contributed by atoms with E-state index >= 15 is 0 Å². The van der Waals surface area contributed by atoms with Crippen molar-refractivity contribution < 1.29 is 9.32 Å². The number of nitrogens with zero attached hydrogens (tertiary/aromatic N) is 4. The third kappa shape index (κ3) is 3.82. The second-order valence-corrected chi connectivity index (χ2v) is 8.01. The van der Waals surface area contributed by atoms with Gasteiger partial charge in [0.2, 0.25) is 5.89 Å². The molecule has 8 nitrogen and oxygen atoms in total. The smallest absolute Gasteiger partial charge is 0.293 e. The van der Waals surface area contributed by atoms with Crippen LogP contribution in [0.4, 0.5) is 0 Å². The molecular weight excluding hydrogens is 406 g/mol. The number of aryl methyl sites for hydroxylation is 1. The fourth-order valence-corrected chi connectivity index (χ4v) is 3.75. The van der Waals surface area contributed by atoms with Gasteiger partial charge in [-0.25, -0.2) is 4.98 Å². The fourth-order valence-electron chi connectivity index (χ4n) is 3.75. The molecule has 160 valence electrons. The molecule has 5 rings (SSSR count). The Morgan fingerprint density at radius 3 is 2.59 bits per heavy atom. The van der Waals surface area contributed by atoms with Crippen LogP contribution >= 0.6 is 0 Å². The van der Waals surface area contributed by atoms with Crippen LogP contribution < -0.4 is 10.9 Å². The summed E-state index contributed by atoms with van der Waals surface area (Å²) in [6.45, 7) is 0. The molecule has 2 aromatic carbocycles. The number of nitrogens with one attached hydrogen (secondary N) is 1. The molecule has 0 unspecified atom stereocenters. The van der Waals surface area contributed by atoms with Crippen LogP contribution in [0.3, 0.4) is 0 Å². The zero-order chi connectivity index (χ0) is 22.1. The van der Waals surface area contributed by atoms with Gasteiger partial charge in [0.05, 0.1) is 23.9 Å². The average molecular weight is 427 g/mol. The van der Waals surface area contributed by atoms with E-state index in [1.807, 2.05) is 54.6 Å². The van der Waals surface area contributed by atoms with E-state index in [9.17, 15) is 9.59 Å². The van der Waals surface area contributed by atoms with Gasteiger partial charge in [-0.15, -0.1) is 0 Å². The summed E-state index contributed by atoms with van der Waals surface area (Å²) >= 11 is 0. The van der Waals surface area contributed by atoms with Gasteiger partial charge < -0.3 is 14.4 Å². The Labute approximate surface area is 183 Å². The van der Waals surface area contributed by atoms with Gasteiger partial charge in [-0.1, -0.05) is 59.8 Å². The van der Waals surface area contributed by atoms with Crippen molar-refractivity contribution in [3.05, 3.63) is 100 Å². The first kappa shape index (κ1) is 19.9. The van der Waals surface area contributed by atoms with Crippen LogP contribution in [0.2, 0.25) is 0 Å². The summed E-state index contributed by atoms with van der Waals surface area (Å²) in [6.07, 6.45) is 5.16. The van der Waals surface area contributed by atoms with E-state index in [0.29, 0.717) is 17.9 Å². The molecule has 1 N–H and O–H groups in total. The summed E-state index contributed by atoms with van der Waals surface area (Å²) in [4.78, 5) is 33.4. The van der Waals surface area contributed by atoms with E-state index in [1.54, 1.807) is 13.2 Å². The molecule has 2 heterocycles. The summed E-state index contributed by atoms with van der Waals surface area (Å²) in [5.74, 6) is 0.0575. The minimum atomic E-state index is -0.449.